The van der Waals surface area contributed by atoms with Gasteiger partial charge >= 0.3 is 0 Å². The van der Waals surface area contributed by atoms with Gasteiger partial charge in [-0.15, -0.1) is 11.3 Å². The van der Waals surface area contributed by atoms with Crippen LogP contribution in [0.2, 0.25) is 0 Å². The molecule has 2 heterocycles. The topological polar surface area (TPSA) is 52.6 Å². The monoisotopic (exact) mass is 306 g/mol. The molecule has 1 saturated heterocycles. The summed E-state index contributed by atoms with van der Waals surface area (Å²) in [5.41, 5.74) is 0. The van der Waals surface area contributed by atoms with E-state index in [2.05, 4.69) is 29.0 Å². The molecule has 1 unspecified atom stereocenters. The second-order valence-corrected chi connectivity index (χ2v) is 6.28. The average molecular weight is 306 g/mol. The Morgan fingerprint density at radius 1 is 1.57 bits per heavy atom. The van der Waals surface area contributed by atoms with Crippen molar-refractivity contribution >= 4 is 17.2 Å². The minimum absolute atomic E-state index is 0.00911. The van der Waals surface area contributed by atoms with Crippen molar-refractivity contribution in [1.29, 1.82) is 0 Å². The third-order valence-corrected chi connectivity index (χ3v) is 4.65. The van der Waals surface area contributed by atoms with Gasteiger partial charge in [0.15, 0.2) is 0 Å². The molecule has 1 aromatic heterocycles. The van der Waals surface area contributed by atoms with Crippen LogP contribution in [0.5, 0.6) is 0 Å². The highest BCUT2D eigenvalue weighted by Gasteiger charge is 2.21. The van der Waals surface area contributed by atoms with Crippen molar-refractivity contribution in [1.82, 2.24) is 10.2 Å². The third-order valence-electron chi connectivity index (χ3n) is 3.65. The number of hydrogen-bond acceptors (Lipinski definition) is 4. The van der Waals surface area contributed by atoms with Crippen LogP contribution in [-0.2, 0) is 0 Å². The molecule has 0 aliphatic carbocycles. The Hall–Kier alpha value is -1.35. The molecule has 1 amide bonds. The molecule has 1 aliphatic heterocycles. The van der Waals surface area contributed by atoms with Crippen LogP contribution >= 0.6 is 11.3 Å². The van der Waals surface area contributed by atoms with E-state index >= 15 is 0 Å². The molecule has 0 spiro atoms. The highest BCUT2D eigenvalue weighted by atomic mass is 32.1. The first-order chi connectivity index (χ1) is 10.2. The summed E-state index contributed by atoms with van der Waals surface area (Å²) in [7, 11) is 0. The van der Waals surface area contributed by atoms with Crippen LogP contribution in [0.1, 0.15) is 34.3 Å². The Kier molecular flexibility index (Phi) is 6.24. The van der Waals surface area contributed by atoms with Gasteiger partial charge in [-0.2, -0.15) is 0 Å². The lowest BCUT2D eigenvalue weighted by Gasteiger charge is -2.13. The normalized spacial score (nSPS) is 18.3. The fraction of sp³-hybridized carbons (Fsp3) is 0.562. The second-order valence-electron chi connectivity index (χ2n) is 5.20. The van der Waals surface area contributed by atoms with Crippen molar-refractivity contribution in [2.75, 3.05) is 32.8 Å². The maximum atomic E-state index is 12.1. The standard InChI is InChI=1S/C16H22N2O2S/c1-2-18-9-8-13(12-18)11-17-16(20)15-7-6-14(21-15)5-3-4-10-19/h6-7,13,19H,2,4,8-12H2,1H3,(H,17,20). The molecule has 0 saturated carbocycles. The number of rotatable bonds is 5. The summed E-state index contributed by atoms with van der Waals surface area (Å²) in [4.78, 5) is 16.1. The molecule has 0 bridgehead atoms. The molecule has 2 rings (SSSR count). The lowest BCUT2D eigenvalue weighted by Crippen LogP contribution is -2.30. The minimum atomic E-state index is -0.00911. The van der Waals surface area contributed by atoms with Gasteiger partial charge in [-0.3, -0.25) is 4.79 Å². The summed E-state index contributed by atoms with van der Waals surface area (Å²) >= 11 is 1.40. The zero-order valence-electron chi connectivity index (χ0n) is 12.4. The maximum absolute atomic E-state index is 12.1. The second kappa shape index (κ2) is 8.18. The van der Waals surface area contributed by atoms with Crippen molar-refractivity contribution in [3.8, 4) is 11.8 Å². The molecular weight excluding hydrogens is 284 g/mol. The summed E-state index contributed by atoms with van der Waals surface area (Å²) in [5.74, 6) is 6.38. The zero-order chi connectivity index (χ0) is 15.1. The van der Waals surface area contributed by atoms with Crippen molar-refractivity contribution in [3.05, 3.63) is 21.9 Å². The number of likely N-dealkylation sites (tertiary alicyclic amines) is 1. The van der Waals surface area contributed by atoms with E-state index in [0.717, 1.165) is 37.5 Å². The molecule has 4 nitrogen and oxygen atoms in total. The van der Waals surface area contributed by atoms with Crippen LogP contribution in [0.25, 0.3) is 0 Å². The van der Waals surface area contributed by atoms with Gasteiger partial charge in [0, 0.05) is 19.5 Å². The molecule has 5 heteroatoms. The number of hydrogen-bond donors (Lipinski definition) is 2. The van der Waals surface area contributed by atoms with Crippen molar-refractivity contribution in [3.63, 3.8) is 0 Å². The zero-order valence-corrected chi connectivity index (χ0v) is 13.2. The van der Waals surface area contributed by atoms with Crippen LogP contribution in [0.4, 0.5) is 0 Å². The van der Waals surface area contributed by atoms with Crippen LogP contribution in [0.3, 0.4) is 0 Å². The number of nitrogens with zero attached hydrogens (tertiary/aromatic N) is 1. The number of carbonyl (C=O) groups is 1. The van der Waals surface area contributed by atoms with Gasteiger partial charge in [0.2, 0.25) is 0 Å². The van der Waals surface area contributed by atoms with Crippen molar-refractivity contribution in [2.24, 2.45) is 5.92 Å². The Morgan fingerprint density at radius 2 is 2.43 bits per heavy atom. The fourth-order valence-electron chi connectivity index (χ4n) is 2.42. The number of amides is 1. The van der Waals surface area contributed by atoms with Crippen molar-refractivity contribution in [2.45, 2.75) is 19.8 Å². The predicted molar refractivity (Wildman–Crippen MR) is 85.5 cm³/mol. The van der Waals surface area contributed by atoms with E-state index in [4.69, 9.17) is 5.11 Å². The van der Waals surface area contributed by atoms with E-state index in [-0.39, 0.29) is 12.5 Å². The van der Waals surface area contributed by atoms with Gasteiger partial charge < -0.3 is 15.3 Å². The first-order valence-electron chi connectivity index (χ1n) is 7.43. The van der Waals surface area contributed by atoms with Gasteiger partial charge in [-0.1, -0.05) is 18.8 Å². The molecule has 1 atom stereocenters. The Morgan fingerprint density at radius 3 is 3.14 bits per heavy atom. The molecule has 2 N–H and O–H groups in total. The number of thiophene rings is 1. The summed E-state index contributed by atoms with van der Waals surface area (Å²) in [6, 6.07) is 3.67. The van der Waals surface area contributed by atoms with Gasteiger partial charge in [0.25, 0.3) is 5.91 Å². The number of carbonyl (C=O) groups excluding carboxylic acids is 1. The quantitative estimate of drug-likeness (QED) is 0.812. The molecule has 0 radical (unpaired) electrons. The molecule has 1 aliphatic rings. The number of aliphatic hydroxyl groups excluding tert-OH is 1. The largest absolute Gasteiger partial charge is 0.395 e. The van der Waals surface area contributed by atoms with E-state index in [0.29, 0.717) is 17.2 Å². The van der Waals surface area contributed by atoms with Gasteiger partial charge in [-0.05, 0) is 37.6 Å². The average Bonchev–Trinajstić information content (AvgIpc) is 3.14. The first kappa shape index (κ1) is 16.0. The molecule has 1 aromatic rings. The lowest BCUT2D eigenvalue weighted by atomic mass is 10.1. The van der Waals surface area contributed by atoms with E-state index < -0.39 is 0 Å². The van der Waals surface area contributed by atoms with Crippen LogP contribution in [-0.4, -0.2) is 48.7 Å². The van der Waals surface area contributed by atoms with Gasteiger partial charge in [0.05, 0.1) is 16.4 Å². The van der Waals surface area contributed by atoms with E-state index in [1.54, 1.807) is 0 Å². The summed E-state index contributed by atoms with van der Waals surface area (Å²) in [6.07, 6.45) is 1.63. The lowest BCUT2D eigenvalue weighted by molar-refractivity contribution is 0.0951. The SMILES string of the molecule is CCN1CCC(CNC(=O)c2ccc(C#CCCO)s2)C1. The molecule has 1 fully saturated rings. The van der Waals surface area contributed by atoms with E-state index in [9.17, 15) is 4.79 Å². The summed E-state index contributed by atoms with van der Waals surface area (Å²) in [5, 5.41) is 11.7. The van der Waals surface area contributed by atoms with E-state index in [1.165, 1.54) is 11.3 Å². The van der Waals surface area contributed by atoms with Gasteiger partial charge in [-0.25, -0.2) is 0 Å². The Balaban J connectivity index is 1.80. The van der Waals surface area contributed by atoms with Crippen LogP contribution < -0.4 is 5.32 Å². The van der Waals surface area contributed by atoms with Crippen LogP contribution in [0.15, 0.2) is 12.1 Å². The molecular formula is C16H22N2O2S. The van der Waals surface area contributed by atoms with Crippen LogP contribution in [0, 0.1) is 17.8 Å². The summed E-state index contributed by atoms with van der Waals surface area (Å²) < 4.78 is 0. The summed E-state index contributed by atoms with van der Waals surface area (Å²) in [6.45, 7) is 6.30. The fourth-order valence-corrected chi connectivity index (χ4v) is 3.22. The Labute approximate surface area is 130 Å². The molecule has 21 heavy (non-hydrogen) atoms. The minimum Gasteiger partial charge on any atom is -0.395 e. The smallest absolute Gasteiger partial charge is 0.261 e. The first-order valence-corrected chi connectivity index (χ1v) is 8.24. The Bertz CT molecular complexity index is 530. The van der Waals surface area contributed by atoms with Crippen molar-refractivity contribution < 1.29 is 9.90 Å². The number of nitrogens with one attached hydrogen (secondary N) is 1. The van der Waals surface area contributed by atoms with E-state index in [1.807, 2.05) is 12.1 Å². The van der Waals surface area contributed by atoms with Gasteiger partial charge in [0.1, 0.15) is 0 Å². The maximum Gasteiger partial charge on any atom is 0.261 e. The third kappa shape index (κ3) is 4.85. The number of aliphatic hydroxyl groups is 1. The molecule has 0 aromatic carbocycles. The highest BCUT2D eigenvalue weighted by Crippen LogP contribution is 2.17. The molecule has 114 valence electrons. The highest BCUT2D eigenvalue weighted by molar-refractivity contribution is 7.14. The predicted octanol–water partition coefficient (Wildman–Crippen LogP) is 1.55.